The smallest absolute Gasteiger partial charge is 0.251 e. The van der Waals surface area contributed by atoms with Crippen molar-refractivity contribution in [1.29, 1.82) is 0 Å². The maximum Gasteiger partial charge on any atom is 0.251 e. The molecule has 0 aliphatic heterocycles. The molecule has 4 heteroatoms. The molecule has 1 aromatic carbocycles. The van der Waals surface area contributed by atoms with E-state index in [1.165, 1.54) is 0 Å². The largest absolute Gasteiger partial charge is 0.381 e. The second kappa shape index (κ2) is 9.98. The van der Waals surface area contributed by atoms with E-state index >= 15 is 0 Å². The summed E-state index contributed by atoms with van der Waals surface area (Å²) in [7, 11) is 0. The maximum atomic E-state index is 12.2. The van der Waals surface area contributed by atoms with Crippen LogP contribution in [-0.4, -0.2) is 32.2 Å². The molecule has 0 aliphatic carbocycles. The quantitative estimate of drug-likeness (QED) is 0.594. The Morgan fingerprint density at radius 1 is 1.38 bits per heavy atom. The molecule has 0 spiro atoms. The first-order valence-electron chi connectivity index (χ1n) is 7.34. The number of carbonyl (C=O) groups is 1. The number of hydrogen-bond donors (Lipinski definition) is 2. The van der Waals surface area contributed by atoms with Crippen LogP contribution in [0.1, 0.15) is 41.3 Å². The average molecular weight is 288 g/mol. The van der Waals surface area contributed by atoms with Crippen molar-refractivity contribution < 1.29 is 9.53 Å². The summed E-state index contributed by atoms with van der Waals surface area (Å²) in [6.45, 7) is 6.36. The highest BCUT2D eigenvalue weighted by Crippen LogP contribution is 2.10. The molecule has 0 bridgehead atoms. The lowest BCUT2D eigenvalue weighted by Crippen LogP contribution is -2.26. The molecule has 0 aromatic heterocycles. The Kier molecular flexibility index (Phi) is 8.18. The molecule has 0 saturated heterocycles. The summed E-state index contributed by atoms with van der Waals surface area (Å²) in [5, 5.41) is 2.91. The zero-order valence-corrected chi connectivity index (χ0v) is 12.9. The van der Waals surface area contributed by atoms with Crippen LogP contribution in [0.25, 0.3) is 0 Å². The van der Waals surface area contributed by atoms with Gasteiger partial charge in [-0.15, -0.1) is 0 Å². The Labute approximate surface area is 127 Å². The van der Waals surface area contributed by atoms with Crippen LogP contribution in [0.4, 0.5) is 0 Å². The van der Waals surface area contributed by atoms with Crippen molar-refractivity contribution in [3.05, 3.63) is 34.9 Å². The van der Waals surface area contributed by atoms with Gasteiger partial charge >= 0.3 is 0 Å². The van der Waals surface area contributed by atoms with Gasteiger partial charge in [-0.1, -0.05) is 24.8 Å². The van der Waals surface area contributed by atoms with Gasteiger partial charge in [0.2, 0.25) is 0 Å². The van der Waals surface area contributed by atoms with E-state index in [1.54, 1.807) is 6.07 Å². The minimum Gasteiger partial charge on any atom is -0.381 e. The van der Waals surface area contributed by atoms with Crippen molar-refractivity contribution in [2.24, 2.45) is 5.73 Å². The standard InChI is InChI=1S/C17H24N2O2/c1-3-11-21-12-5-10-19-17(20)16-13-15(6-4-9-18)8-7-14(16)2/h7-8,13H,3,5,9-12,18H2,1-2H3,(H,19,20). The summed E-state index contributed by atoms with van der Waals surface area (Å²) in [6, 6.07) is 5.61. The zero-order valence-electron chi connectivity index (χ0n) is 12.9. The molecule has 0 saturated carbocycles. The van der Waals surface area contributed by atoms with Crippen LogP contribution in [0, 0.1) is 18.8 Å². The fourth-order valence-corrected chi connectivity index (χ4v) is 1.82. The first-order chi connectivity index (χ1) is 10.2. The van der Waals surface area contributed by atoms with Gasteiger partial charge in [0.05, 0.1) is 6.54 Å². The predicted octanol–water partition coefficient (Wildman–Crippen LogP) is 1.85. The number of nitrogens with two attached hydrogens (primary N) is 1. The van der Waals surface area contributed by atoms with Crippen molar-refractivity contribution in [1.82, 2.24) is 5.32 Å². The van der Waals surface area contributed by atoms with Crippen molar-refractivity contribution in [3.63, 3.8) is 0 Å². The molecule has 0 unspecified atom stereocenters. The van der Waals surface area contributed by atoms with E-state index in [-0.39, 0.29) is 5.91 Å². The lowest BCUT2D eigenvalue weighted by atomic mass is 10.0. The number of hydrogen-bond acceptors (Lipinski definition) is 3. The maximum absolute atomic E-state index is 12.2. The van der Waals surface area contributed by atoms with Gasteiger partial charge in [0.15, 0.2) is 0 Å². The van der Waals surface area contributed by atoms with Gasteiger partial charge in [-0.2, -0.15) is 0 Å². The topological polar surface area (TPSA) is 64.3 Å². The van der Waals surface area contributed by atoms with Crippen molar-refractivity contribution in [2.75, 3.05) is 26.3 Å². The molecule has 21 heavy (non-hydrogen) atoms. The van der Waals surface area contributed by atoms with Crippen molar-refractivity contribution in [2.45, 2.75) is 26.7 Å². The SMILES string of the molecule is CCCOCCCNC(=O)c1cc(C#CCN)ccc1C. The van der Waals surface area contributed by atoms with Crippen LogP contribution in [0.5, 0.6) is 0 Å². The van der Waals surface area contributed by atoms with Gasteiger partial charge in [0, 0.05) is 30.9 Å². The lowest BCUT2D eigenvalue weighted by Gasteiger charge is -2.08. The van der Waals surface area contributed by atoms with E-state index in [2.05, 4.69) is 24.1 Å². The summed E-state index contributed by atoms with van der Waals surface area (Å²) >= 11 is 0. The Morgan fingerprint density at radius 2 is 2.19 bits per heavy atom. The van der Waals surface area contributed by atoms with Gasteiger partial charge in [-0.25, -0.2) is 0 Å². The van der Waals surface area contributed by atoms with Crippen LogP contribution >= 0.6 is 0 Å². The van der Waals surface area contributed by atoms with Gasteiger partial charge in [0.25, 0.3) is 5.91 Å². The Balaban J connectivity index is 2.53. The molecule has 1 rings (SSSR count). The van der Waals surface area contributed by atoms with E-state index in [0.717, 1.165) is 30.6 Å². The van der Waals surface area contributed by atoms with Crippen LogP contribution in [0.2, 0.25) is 0 Å². The molecular formula is C17H24N2O2. The average Bonchev–Trinajstić information content (AvgIpc) is 2.49. The fourth-order valence-electron chi connectivity index (χ4n) is 1.82. The van der Waals surface area contributed by atoms with Gasteiger partial charge in [-0.3, -0.25) is 4.79 Å². The number of benzene rings is 1. The molecule has 0 aliphatic rings. The minimum absolute atomic E-state index is 0.0700. The van der Waals surface area contributed by atoms with E-state index in [1.807, 2.05) is 19.1 Å². The molecule has 114 valence electrons. The number of aryl methyl sites for hydroxylation is 1. The second-order valence-corrected chi connectivity index (χ2v) is 4.76. The van der Waals surface area contributed by atoms with Gasteiger partial charge in [0.1, 0.15) is 0 Å². The Bertz CT molecular complexity index is 515. The number of amides is 1. The number of rotatable bonds is 7. The third kappa shape index (κ3) is 6.44. The first-order valence-corrected chi connectivity index (χ1v) is 7.34. The van der Waals surface area contributed by atoms with Gasteiger partial charge < -0.3 is 15.8 Å². The van der Waals surface area contributed by atoms with Crippen LogP contribution in [0.3, 0.4) is 0 Å². The van der Waals surface area contributed by atoms with Crippen molar-refractivity contribution in [3.8, 4) is 11.8 Å². The number of nitrogens with one attached hydrogen (secondary N) is 1. The third-order valence-corrected chi connectivity index (χ3v) is 2.92. The minimum atomic E-state index is -0.0700. The molecule has 0 atom stereocenters. The molecule has 0 heterocycles. The van der Waals surface area contributed by atoms with E-state index in [4.69, 9.17) is 10.5 Å². The van der Waals surface area contributed by atoms with Gasteiger partial charge in [-0.05, 0) is 37.5 Å². The predicted molar refractivity (Wildman–Crippen MR) is 85.2 cm³/mol. The lowest BCUT2D eigenvalue weighted by molar-refractivity contribution is 0.0940. The van der Waals surface area contributed by atoms with Crippen LogP contribution < -0.4 is 11.1 Å². The third-order valence-electron chi connectivity index (χ3n) is 2.92. The zero-order chi connectivity index (χ0) is 15.5. The van der Waals surface area contributed by atoms with Crippen LogP contribution in [-0.2, 0) is 4.74 Å². The highest BCUT2D eigenvalue weighted by atomic mass is 16.5. The van der Waals surface area contributed by atoms with E-state index in [9.17, 15) is 4.79 Å². The summed E-state index contributed by atoms with van der Waals surface area (Å²) in [5.41, 5.74) is 7.76. The summed E-state index contributed by atoms with van der Waals surface area (Å²) in [5.74, 6) is 5.66. The molecule has 0 radical (unpaired) electrons. The molecule has 1 aromatic rings. The van der Waals surface area contributed by atoms with E-state index < -0.39 is 0 Å². The summed E-state index contributed by atoms with van der Waals surface area (Å²) < 4.78 is 5.38. The number of ether oxygens (including phenoxy) is 1. The fraction of sp³-hybridized carbons (Fsp3) is 0.471. The summed E-state index contributed by atoms with van der Waals surface area (Å²) in [6.07, 6.45) is 1.83. The van der Waals surface area contributed by atoms with Crippen molar-refractivity contribution >= 4 is 5.91 Å². The first kappa shape index (κ1) is 17.2. The number of carbonyl (C=O) groups excluding carboxylic acids is 1. The molecule has 4 nitrogen and oxygen atoms in total. The molecule has 0 fully saturated rings. The Hall–Kier alpha value is -1.83. The molecule has 3 N–H and O–H groups in total. The van der Waals surface area contributed by atoms with E-state index in [0.29, 0.717) is 25.3 Å². The highest BCUT2D eigenvalue weighted by molar-refractivity contribution is 5.96. The second-order valence-electron chi connectivity index (χ2n) is 4.76. The normalized spacial score (nSPS) is 9.86. The molecular weight excluding hydrogens is 264 g/mol. The monoisotopic (exact) mass is 288 g/mol. The Morgan fingerprint density at radius 3 is 2.90 bits per heavy atom. The summed E-state index contributed by atoms with van der Waals surface area (Å²) in [4.78, 5) is 12.2. The van der Waals surface area contributed by atoms with Crippen LogP contribution in [0.15, 0.2) is 18.2 Å². The molecule has 1 amide bonds. The highest BCUT2D eigenvalue weighted by Gasteiger charge is 2.08.